The minimum absolute atomic E-state index is 0.514. The Hall–Kier alpha value is -1.09. The molecular weight excluding hydrogens is 224 g/mol. The number of aromatic nitrogens is 1. The van der Waals surface area contributed by atoms with Crippen LogP contribution in [-0.2, 0) is 19.4 Å². The van der Waals surface area contributed by atoms with Crippen molar-refractivity contribution in [2.75, 3.05) is 6.61 Å². The predicted molar refractivity (Wildman–Crippen MR) is 73.7 cm³/mol. The molecule has 2 N–H and O–H groups in total. The maximum Gasteiger partial charge on any atom is 0.218 e. The number of fused-ring (bicyclic) bond motifs is 1. The van der Waals surface area contributed by atoms with Crippen LogP contribution in [0.25, 0.3) is 0 Å². The number of pyridine rings is 1. The molecule has 0 aliphatic heterocycles. The van der Waals surface area contributed by atoms with Crippen molar-refractivity contribution in [1.82, 2.24) is 4.98 Å². The quantitative estimate of drug-likeness (QED) is 0.787. The summed E-state index contributed by atoms with van der Waals surface area (Å²) in [4.78, 5) is 4.64. The molecular formula is C15H24N2O. The van der Waals surface area contributed by atoms with Gasteiger partial charge in [0.15, 0.2) is 0 Å². The number of ether oxygens (including phenoxy) is 1. The van der Waals surface area contributed by atoms with Crippen molar-refractivity contribution in [2.45, 2.75) is 52.5 Å². The molecule has 0 saturated carbocycles. The van der Waals surface area contributed by atoms with Crippen molar-refractivity contribution in [3.05, 3.63) is 22.9 Å². The fourth-order valence-corrected chi connectivity index (χ4v) is 2.43. The minimum atomic E-state index is 0.514. The molecule has 3 nitrogen and oxygen atoms in total. The van der Waals surface area contributed by atoms with E-state index in [1.807, 2.05) is 0 Å². The second kappa shape index (κ2) is 6.19. The summed E-state index contributed by atoms with van der Waals surface area (Å²) in [6.45, 7) is 5.73. The van der Waals surface area contributed by atoms with E-state index in [9.17, 15) is 0 Å². The van der Waals surface area contributed by atoms with Crippen molar-refractivity contribution >= 4 is 0 Å². The molecule has 100 valence electrons. The van der Waals surface area contributed by atoms with E-state index in [0.29, 0.717) is 6.54 Å². The fraction of sp³-hybridized carbons (Fsp3) is 0.667. The van der Waals surface area contributed by atoms with Crippen LogP contribution in [0.15, 0.2) is 6.07 Å². The van der Waals surface area contributed by atoms with Crippen LogP contribution in [0.4, 0.5) is 0 Å². The van der Waals surface area contributed by atoms with Crippen molar-refractivity contribution in [2.24, 2.45) is 11.7 Å². The molecule has 1 aliphatic rings. The lowest BCUT2D eigenvalue weighted by molar-refractivity contribution is 0.283. The van der Waals surface area contributed by atoms with Crippen LogP contribution in [0.3, 0.4) is 0 Å². The maximum atomic E-state index is 5.81. The summed E-state index contributed by atoms with van der Waals surface area (Å²) in [6.07, 6.45) is 5.72. The molecule has 0 fully saturated rings. The highest BCUT2D eigenvalue weighted by Crippen LogP contribution is 2.26. The third-order valence-corrected chi connectivity index (χ3v) is 3.47. The zero-order valence-electron chi connectivity index (χ0n) is 11.5. The molecule has 1 aromatic heterocycles. The van der Waals surface area contributed by atoms with Crippen molar-refractivity contribution in [1.29, 1.82) is 0 Å². The molecule has 18 heavy (non-hydrogen) atoms. The molecule has 1 aromatic rings. The lowest BCUT2D eigenvalue weighted by atomic mass is 10.1. The van der Waals surface area contributed by atoms with E-state index in [1.165, 1.54) is 24.1 Å². The highest BCUT2D eigenvalue weighted by molar-refractivity contribution is 5.36. The van der Waals surface area contributed by atoms with Gasteiger partial charge in [-0.2, -0.15) is 0 Å². The average molecular weight is 248 g/mol. The molecule has 0 bridgehead atoms. The first-order valence-corrected chi connectivity index (χ1v) is 7.05. The van der Waals surface area contributed by atoms with Gasteiger partial charge in [0, 0.05) is 17.8 Å². The Morgan fingerprint density at radius 2 is 2.22 bits per heavy atom. The number of nitrogens with zero attached hydrogens (tertiary/aromatic N) is 1. The van der Waals surface area contributed by atoms with Crippen LogP contribution in [-0.4, -0.2) is 11.6 Å². The Labute approximate surface area is 110 Å². The van der Waals surface area contributed by atoms with Crippen molar-refractivity contribution < 1.29 is 4.74 Å². The van der Waals surface area contributed by atoms with Gasteiger partial charge in [-0.05, 0) is 49.7 Å². The molecule has 2 rings (SSSR count). The van der Waals surface area contributed by atoms with Crippen LogP contribution < -0.4 is 10.5 Å². The Balaban J connectivity index is 1.98. The van der Waals surface area contributed by atoms with Crippen LogP contribution >= 0.6 is 0 Å². The number of aryl methyl sites for hydroxylation is 2. The molecule has 0 spiro atoms. The molecule has 0 saturated heterocycles. The lowest BCUT2D eigenvalue weighted by Crippen LogP contribution is -2.08. The second-order valence-corrected chi connectivity index (χ2v) is 5.50. The third-order valence-electron chi connectivity index (χ3n) is 3.47. The monoisotopic (exact) mass is 248 g/mol. The first kappa shape index (κ1) is 13.3. The van der Waals surface area contributed by atoms with E-state index >= 15 is 0 Å². The Bertz CT molecular complexity index is 402. The van der Waals surface area contributed by atoms with Gasteiger partial charge in [0.1, 0.15) is 0 Å². The van der Waals surface area contributed by atoms with Crippen LogP contribution in [0, 0.1) is 5.92 Å². The van der Waals surface area contributed by atoms with Gasteiger partial charge in [0.05, 0.1) is 6.61 Å². The van der Waals surface area contributed by atoms with E-state index < -0.39 is 0 Å². The van der Waals surface area contributed by atoms with Gasteiger partial charge in [-0.15, -0.1) is 0 Å². The number of hydrogen-bond acceptors (Lipinski definition) is 3. The summed E-state index contributed by atoms with van der Waals surface area (Å²) in [5.41, 5.74) is 9.41. The van der Waals surface area contributed by atoms with Gasteiger partial charge in [-0.1, -0.05) is 13.8 Å². The topological polar surface area (TPSA) is 48.1 Å². The molecule has 0 atom stereocenters. The molecule has 0 aromatic carbocycles. The summed E-state index contributed by atoms with van der Waals surface area (Å²) in [7, 11) is 0. The molecule has 0 radical (unpaired) electrons. The first-order chi connectivity index (χ1) is 8.70. The average Bonchev–Trinajstić information content (AvgIpc) is 2.80. The third kappa shape index (κ3) is 3.22. The highest BCUT2D eigenvalue weighted by atomic mass is 16.5. The van der Waals surface area contributed by atoms with E-state index in [1.54, 1.807) is 0 Å². The lowest BCUT2D eigenvalue weighted by Gasteiger charge is -2.12. The Kier molecular flexibility index (Phi) is 4.59. The fourth-order valence-electron chi connectivity index (χ4n) is 2.43. The van der Waals surface area contributed by atoms with E-state index in [-0.39, 0.29) is 0 Å². The number of nitrogens with two attached hydrogens (primary N) is 1. The van der Waals surface area contributed by atoms with Gasteiger partial charge < -0.3 is 10.5 Å². The second-order valence-electron chi connectivity index (χ2n) is 5.50. The Morgan fingerprint density at radius 1 is 1.39 bits per heavy atom. The maximum absolute atomic E-state index is 5.81. The smallest absolute Gasteiger partial charge is 0.218 e. The van der Waals surface area contributed by atoms with E-state index in [0.717, 1.165) is 43.2 Å². The van der Waals surface area contributed by atoms with Gasteiger partial charge in [-0.3, -0.25) is 0 Å². The van der Waals surface area contributed by atoms with Crippen LogP contribution in [0.5, 0.6) is 5.88 Å². The Morgan fingerprint density at radius 3 is 2.94 bits per heavy atom. The molecule has 0 amide bonds. The SMILES string of the molecule is CC(C)CCCOc1nc2c(cc1CN)CCC2. The zero-order valence-corrected chi connectivity index (χ0v) is 11.5. The summed E-state index contributed by atoms with van der Waals surface area (Å²) in [5, 5.41) is 0. The van der Waals surface area contributed by atoms with Crippen molar-refractivity contribution in [3.8, 4) is 5.88 Å². The molecule has 0 unspecified atom stereocenters. The highest BCUT2D eigenvalue weighted by Gasteiger charge is 2.16. The zero-order chi connectivity index (χ0) is 13.0. The van der Waals surface area contributed by atoms with E-state index in [4.69, 9.17) is 10.5 Å². The van der Waals surface area contributed by atoms with Gasteiger partial charge in [0.25, 0.3) is 0 Å². The summed E-state index contributed by atoms with van der Waals surface area (Å²) >= 11 is 0. The van der Waals surface area contributed by atoms with Gasteiger partial charge in [0.2, 0.25) is 5.88 Å². The number of rotatable bonds is 6. The van der Waals surface area contributed by atoms with Crippen LogP contribution in [0.2, 0.25) is 0 Å². The van der Waals surface area contributed by atoms with Crippen LogP contribution in [0.1, 0.15) is 49.9 Å². The van der Waals surface area contributed by atoms with Gasteiger partial charge >= 0.3 is 0 Å². The summed E-state index contributed by atoms with van der Waals surface area (Å²) in [5.74, 6) is 1.50. The minimum Gasteiger partial charge on any atom is -0.477 e. The summed E-state index contributed by atoms with van der Waals surface area (Å²) < 4.78 is 5.81. The van der Waals surface area contributed by atoms with Crippen molar-refractivity contribution in [3.63, 3.8) is 0 Å². The predicted octanol–water partition coefficient (Wildman–Crippen LogP) is 2.84. The van der Waals surface area contributed by atoms with E-state index in [2.05, 4.69) is 24.9 Å². The molecule has 1 heterocycles. The first-order valence-electron chi connectivity index (χ1n) is 7.05. The largest absolute Gasteiger partial charge is 0.477 e. The molecule has 3 heteroatoms. The van der Waals surface area contributed by atoms with Gasteiger partial charge in [-0.25, -0.2) is 4.98 Å². The standard InChI is InChI=1S/C15H24N2O/c1-11(2)5-4-8-18-15-13(10-16)9-12-6-3-7-14(12)17-15/h9,11H,3-8,10,16H2,1-2H3. The number of hydrogen-bond donors (Lipinski definition) is 1. The normalized spacial score (nSPS) is 14.0. The molecule has 1 aliphatic carbocycles. The summed E-state index contributed by atoms with van der Waals surface area (Å²) in [6, 6.07) is 2.19.